The summed E-state index contributed by atoms with van der Waals surface area (Å²) in [5, 5.41) is 3.35. The number of hydrogen-bond donors (Lipinski definition) is 1. The van der Waals surface area contributed by atoms with Crippen LogP contribution in [0.15, 0.2) is 23.3 Å². The summed E-state index contributed by atoms with van der Waals surface area (Å²) in [5.74, 6) is 4.72. The molecule has 0 fully saturated rings. The molecule has 0 unspecified atom stereocenters. The van der Waals surface area contributed by atoms with E-state index >= 15 is 0 Å². The molecule has 0 aliphatic rings. The van der Waals surface area contributed by atoms with Gasteiger partial charge in [-0.3, -0.25) is 0 Å². The van der Waals surface area contributed by atoms with Crippen LogP contribution < -0.4 is 5.84 Å². The van der Waals surface area contributed by atoms with E-state index in [0.717, 1.165) is 19.3 Å². The van der Waals surface area contributed by atoms with E-state index in [2.05, 4.69) is 12.0 Å². The highest BCUT2D eigenvalue weighted by molar-refractivity contribution is 5.79. The first-order chi connectivity index (χ1) is 8.27. The predicted octanol–water partition coefficient (Wildman–Crippen LogP) is 2.83. The molecule has 1 rings (SSSR count). The summed E-state index contributed by atoms with van der Waals surface area (Å²) < 4.78 is 19.0. The molecule has 0 atom stereocenters. The van der Waals surface area contributed by atoms with Crippen LogP contribution in [0.3, 0.4) is 0 Å². The molecule has 0 aliphatic carbocycles. The molecule has 0 heterocycles. The Balaban J connectivity index is 2.43. The Morgan fingerprint density at radius 3 is 2.88 bits per heavy atom. The van der Waals surface area contributed by atoms with Crippen molar-refractivity contribution in [3.63, 3.8) is 0 Å². The van der Waals surface area contributed by atoms with Crippen LogP contribution in [-0.2, 0) is 11.3 Å². The monoisotopic (exact) mass is 238 g/mol. The number of hydrogen-bond acceptors (Lipinski definition) is 3. The van der Waals surface area contributed by atoms with E-state index < -0.39 is 0 Å². The van der Waals surface area contributed by atoms with Crippen LogP contribution in [-0.4, -0.2) is 12.8 Å². The minimum Gasteiger partial charge on any atom is -0.377 e. The largest absolute Gasteiger partial charge is 0.377 e. The molecular formula is C13H19FN2O. The first-order valence-corrected chi connectivity index (χ1v) is 5.87. The van der Waals surface area contributed by atoms with E-state index in [1.54, 1.807) is 12.1 Å². The molecule has 0 aliphatic heterocycles. The summed E-state index contributed by atoms with van der Waals surface area (Å²) in [6, 6.07) is 4.87. The average Bonchev–Trinajstić information content (AvgIpc) is 2.32. The maximum atomic E-state index is 13.6. The van der Waals surface area contributed by atoms with Gasteiger partial charge in [-0.15, -0.1) is 0 Å². The molecule has 1 aromatic rings. The Morgan fingerprint density at radius 2 is 2.24 bits per heavy atom. The fourth-order valence-electron chi connectivity index (χ4n) is 1.48. The van der Waals surface area contributed by atoms with Gasteiger partial charge in [0.05, 0.1) is 12.8 Å². The van der Waals surface area contributed by atoms with Gasteiger partial charge in [0.1, 0.15) is 5.82 Å². The van der Waals surface area contributed by atoms with Gasteiger partial charge in [-0.2, -0.15) is 5.10 Å². The highest BCUT2D eigenvalue weighted by Gasteiger charge is 2.02. The van der Waals surface area contributed by atoms with Crippen molar-refractivity contribution < 1.29 is 9.13 Å². The lowest BCUT2D eigenvalue weighted by molar-refractivity contribution is 0.115. The highest BCUT2D eigenvalue weighted by Crippen LogP contribution is 2.11. The van der Waals surface area contributed by atoms with Crippen molar-refractivity contribution in [1.29, 1.82) is 0 Å². The molecule has 3 nitrogen and oxygen atoms in total. The zero-order valence-corrected chi connectivity index (χ0v) is 10.2. The van der Waals surface area contributed by atoms with Gasteiger partial charge in [0.25, 0.3) is 0 Å². The van der Waals surface area contributed by atoms with Gasteiger partial charge in [0.15, 0.2) is 0 Å². The first-order valence-electron chi connectivity index (χ1n) is 5.87. The average molecular weight is 238 g/mol. The van der Waals surface area contributed by atoms with Gasteiger partial charge < -0.3 is 10.6 Å². The van der Waals surface area contributed by atoms with E-state index in [0.29, 0.717) is 24.3 Å². The second-order valence-corrected chi connectivity index (χ2v) is 3.89. The summed E-state index contributed by atoms with van der Waals surface area (Å²) in [6.07, 6.45) is 4.74. The van der Waals surface area contributed by atoms with Gasteiger partial charge in [0, 0.05) is 12.2 Å². The molecule has 17 heavy (non-hydrogen) atoms. The third-order valence-corrected chi connectivity index (χ3v) is 2.45. The van der Waals surface area contributed by atoms with Crippen molar-refractivity contribution in [2.24, 2.45) is 10.9 Å². The van der Waals surface area contributed by atoms with Crippen molar-refractivity contribution >= 4 is 6.21 Å². The van der Waals surface area contributed by atoms with E-state index in [9.17, 15) is 4.39 Å². The summed E-state index contributed by atoms with van der Waals surface area (Å²) in [6.45, 7) is 3.13. The Kier molecular flexibility index (Phi) is 6.25. The molecular weight excluding hydrogens is 219 g/mol. The summed E-state index contributed by atoms with van der Waals surface area (Å²) in [7, 11) is 0. The Bertz CT molecular complexity index is 366. The number of halogens is 1. The van der Waals surface area contributed by atoms with Gasteiger partial charge >= 0.3 is 0 Å². The molecule has 94 valence electrons. The number of ether oxygens (including phenoxy) is 1. The number of unbranched alkanes of at least 4 members (excludes halogenated alkanes) is 2. The first kappa shape index (κ1) is 13.6. The van der Waals surface area contributed by atoms with Gasteiger partial charge in [-0.05, 0) is 18.1 Å². The predicted molar refractivity (Wildman–Crippen MR) is 67.4 cm³/mol. The van der Waals surface area contributed by atoms with Gasteiger partial charge in [0.2, 0.25) is 0 Å². The topological polar surface area (TPSA) is 47.6 Å². The van der Waals surface area contributed by atoms with Gasteiger partial charge in [-0.1, -0.05) is 31.9 Å². The smallest absolute Gasteiger partial charge is 0.129 e. The van der Waals surface area contributed by atoms with Crippen LogP contribution >= 0.6 is 0 Å². The van der Waals surface area contributed by atoms with Crippen LogP contribution in [0.1, 0.15) is 37.3 Å². The second-order valence-electron chi connectivity index (χ2n) is 3.89. The Hall–Kier alpha value is -1.42. The lowest BCUT2D eigenvalue weighted by atomic mass is 10.1. The normalized spacial score (nSPS) is 11.2. The molecule has 0 saturated heterocycles. The maximum Gasteiger partial charge on any atom is 0.129 e. The molecule has 4 heteroatoms. The highest BCUT2D eigenvalue weighted by atomic mass is 19.1. The third kappa shape index (κ3) is 4.95. The van der Waals surface area contributed by atoms with Crippen LogP contribution in [0.5, 0.6) is 0 Å². The van der Waals surface area contributed by atoms with Crippen molar-refractivity contribution in [3.05, 3.63) is 35.1 Å². The Labute approximate surface area is 101 Å². The molecule has 0 aromatic heterocycles. The number of hydrazone groups is 1. The van der Waals surface area contributed by atoms with E-state index in [1.165, 1.54) is 12.3 Å². The third-order valence-electron chi connectivity index (χ3n) is 2.45. The van der Waals surface area contributed by atoms with Crippen LogP contribution in [0.4, 0.5) is 4.39 Å². The molecule has 0 spiro atoms. The standard InChI is InChI=1S/C13H19FN2O/c1-2-3-4-7-17-10-12-6-5-11(9-16-15)8-13(12)14/h5-6,8-9H,2-4,7,10,15H2,1H3. The Morgan fingerprint density at radius 1 is 1.41 bits per heavy atom. The van der Waals surface area contributed by atoms with Crippen molar-refractivity contribution in [3.8, 4) is 0 Å². The second kappa shape index (κ2) is 7.79. The minimum atomic E-state index is -0.280. The van der Waals surface area contributed by atoms with E-state index in [4.69, 9.17) is 10.6 Å². The van der Waals surface area contributed by atoms with Crippen molar-refractivity contribution in [2.45, 2.75) is 32.8 Å². The zero-order chi connectivity index (χ0) is 12.5. The summed E-state index contributed by atoms with van der Waals surface area (Å²) >= 11 is 0. The minimum absolute atomic E-state index is 0.280. The fourth-order valence-corrected chi connectivity index (χ4v) is 1.48. The molecule has 1 aromatic carbocycles. The quantitative estimate of drug-likeness (QED) is 0.343. The lowest BCUT2D eigenvalue weighted by Gasteiger charge is -2.05. The number of benzene rings is 1. The summed E-state index contributed by atoms with van der Waals surface area (Å²) in [4.78, 5) is 0. The molecule has 0 saturated carbocycles. The molecule has 0 amide bonds. The number of nitrogens with two attached hydrogens (primary N) is 1. The van der Waals surface area contributed by atoms with E-state index in [1.807, 2.05) is 0 Å². The van der Waals surface area contributed by atoms with Crippen LogP contribution in [0, 0.1) is 5.82 Å². The van der Waals surface area contributed by atoms with Crippen LogP contribution in [0.25, 0.3) is 0 Å². The molecule has 0 bridgehead atoms. The molecule has 2 N–H and O–H groups in total. The fraction of sp³-hybridized carbons (Fsp3) is 0.462. The van der Waals surface area contributed by atoms with Crippen molar-refractivity contribution in [1.82, 2.24) is 0 Å². The maximum absolute atomic E-state index is 13.6. The lowest BCUT2D eigenvalue weighted by Crippen LogP contribution is -1.99. The molecule has 0 radical (unpaired) electrons. The van der Waals surface area contributed by atoms with Gasteiger partial charge in [-0.25, -0.2) is 4.39 Å². The summed E-state index contributed by atoms with van der Waals surface area (Å²) in [5.41, 5.74) is 1.22. The van der Waals surface area contributed by atoms with Crippen LogP contribution in [0.2, 0.25) is 0 Å². The number of nitrogens with zero attached hydrogens (tertiary/aromatic N) is 1. The SMILES string of the molecule is CCCCCOCc1ccc(C=NN)cc1F. The van der Waals surface area contributed by atoms with E-state index in [-0.39, 0.29) is 5.82 Å². The number of rotatable bonds is 7. The van der Waals surface area contributed by atoms with Crippen molar-refractivity contribution in [2.75, 3.05) is 6.61 Å². The zero-order valence-electron chi connectivity index (χ0n) is 10.2.